The SMILES string of the molecule is [N]=C1CCCCCCCCCCC1. The highest BCUT2D eigenvalue weighted by atomic mass is 14.4. The molecule has 0 unspecified atom stereocenters. The predicted octanol–water partition coefficient (Wildman–Crippen LogP) is 3.53. The first-order valence-corrected chi connectivity index (χ1v) is 5.93. The largest absolute Gasteiger partial charge is 0.160 e. The van der Waals surface area contributed by atoms with Gasteiger partial charge in [0.1, 0.15) is 0 Å². The highest BCUT2D eigenvalue weighted by molar-refractivity contribution is 5.82. The van der Waals surface area contributed by atoms with Gasteiger partial charge in [0.15, 0.2) is 0 Å². The lowest BCUT2D eigenvalue weighted by Gasteiger charge is -2.06. The van der Waals surface area contributed by atoms with Crippen LogP contribution in [0.3, 0.4) is 0 Å². The molecule has 75 valence electrons. The summed E-state index contributed by atoms with van der Waals surface area (Å²) in [5.41, 5.74) is 0.751. The third-order valence-electron chi connectivity index (χ3n) is 2.93. The standard InChI is InChI=1S/C12H22N/c13-12-10-8-6-4-2-1-3-5-7-9-11-12/h1-11H2. The topological polar surface area (TPSA) is 22.3 Å². The van der Waals surface area contributed by atoms with Crippen molar-refractivity contribution in [2.45, 2.75) is 70.6 Å². The summed E-state index contributed by atoms with van der Waals surface area (Å²) in [5.74, 6) is 0. The first kappa shape index (κ1) is 10.7. The van der Waals surface area contributed by atoms with Crippen molar-refractivity contribution >= 4 is 5.71 Å². The second kappa shape index (κ2) is 7.11. The number of hydrogen-bond donors (Lipinski definition) is 0. The fourth-order valence-electron chi connectivity index (χ4n) is 2.02. The van der Waals surface area contributed by atoms with Gasteiger partial charge in [0.2, 0.25) is 0 Å². The fraction of sp³-hybridized carbons (Fsp3) is 0.917. The van der Waals surface area contributed by atoms with E-state index in [1.54, 1.807) is 0 Å². The highest BCUT2D eigenvalue weighted by Gasteiger charge is 2.01. The van der Waals surface area contributed by atoms with Crippen LogP contribution in [0.25, 0.3) is 0 Å². The number of rotatable bonds is 0. The Kier molecular flexibility index (Phi) is 5.88. The van der Waals surface area contributed by atoms with E-state index < -0.39 is 0 Å². The Morgan fingerprint density at radius 2 is 0.846 bits per heavy atom. The molecule has 0 bridgehead atoms. The normalized spacial score (nSPS) is 23.2. The van der Waals surface area contributed by atoms with Crippen molar-refractivity contribution in [2.75, 3.05) is 0 Å². The minimum Gasteiger partial charge on any atom is -0.160 e. The summed E-state index contributed by atoms with van der Waals surface area (Å²) in [7, 11) is 0. The molecule has 0 aliphatic heterocycles. The van der Waals surface area contributed by atoms with E-state index in [9.17, 15) is 5.41 Å². The van der Waals surface area contributed by atoms with Crippen LogP contribution in [0.1, 0.15) is 70.6 Å². The van der Waals surface area contributed by atoms with Crippen LogP contribution < -0.4 is 5.41 Å². The highest BCUT2D eigenvalue weighted by Crippen LogP contribution is 2.14. The molecular formula is C12H22N. The van der Waals surface area contributed by atoms with Gasteiger partial charge in [-0.3, -0.25) is 0 Å². The lowest BCUT2D eigenvalue weighted by atomic mass is 10.0. The summed E-state index contributed by atoms with van der Waals surface area (Å²) in [4.78, 5) is 0. The van der Waals surface area contributed by atoms with Crippen LogP contribution in [-0.2, 0) is 0 Å². The van der Waals surface area contributed by atoms with Gasteiger partial charge in [-0.05, 0) is 25.7 Å². The third-order valence-corrected chi connectivity index (χ3v) is 2.93. The minimum atomic E-state index is 0.751. The molecule has 0 aromatic carbocycles. The summed E-state index contributed by atoms with van der Waals surface area (Å²) >= 11 is 0. The van der Waals surface area contributed by atoms with E-state index in [1.807, 2.05) is 0 Å². The van der Waals surface area contributed by atoms with Crippen molar-refractivity contribution in [3.63, 3.8) is 0 Å². The predicted molar refractivity (Wildman–Crippen MR) is 57.9 cm³/mol. The van der Waals surface area contributed by atoms with Crippen LogP contribution in [0.2, 0.25) is 0 Å². The van der Waals surface area contributed by atoms with Gasteiger partial charge in [-0.25, -0.2) is 0 Å². The van der Waals surface area contributed by atoms with Crippen LogP contribution in [0.5, 0.6) is 0 Å². The molecule has 1 fully saturated rings. The molecule has 1 radical (unpaired) electrons. The van der Waals surface area contributed by atoms with Crippen LogP contribution in [0.15, 0.2) is 0 Å². The van der Waals surface area contributed by atoms with E-state index in [0.29, 0.717) is 0 Å². The van der Waals surface area contributed by atoms with Crippen molar-refractivity contribution < 1.29 is 0 Å². The van der Waals surface area contributed by atoms with Gasteiger partial charge in [0.05, 0.1) is 0 Å². The lowest BCUT2D eigenvalue weighted by Crippen LogP contribution is -2.00. The molecule has 0 heterocycles. The molecule has 0 saturated heterocycles. The Labute approximate surface area is 82.4 Å². The van der Waals surface area contributed by atoms with Gasteiger partial charge in [0, 0.05) is 5.71 Å². The van der Waals surface area contributed by atoms with Crippen molar-refractivity contribution in [1.82, 2.24) is 5.41 Å². The molecule has 0 aromatic heterocycles. The molecule has 0 atom stereocenters. The summed E-state index contributed by atoms with van der Waals surface area (Å²) in [6.07, 6.45) is 13.9. The summed E-state index contributed by atoms with van der Waals surface area (Å²) in [6.45, 7) is 0. The van der Waals surface area contributed by atoms with E-state index in [4.69, 9.17) is 0 Å². The second-order valence-electron chi connectivity index (χ2n) is 4.25. The fourth-order valence-corrected chi connectivity index (χ4v) is 2.02. The minimum absolute atomic E-state index is 0.751. The summed E-state index contributed by atoms with van der Waals surface area (Å²) < 4.78 is 0. The molecule has 0 aromatic rings. The first-order valence-electron chi connectivity index (χ1n) is 5.93. The van der Waals surface area contributed by atoms with Crippen molar-refractivity contribution in [1.29, 1.82) is 0 Å². The Balaban J connectivity index is 2.14. The maximum Gasteiger partial charge on any atom is 0.0405 e. The van der Waals surface area contributed by atoms with E-state index in [-0.39, 0.29) is 0 Å². The van der Waals surface area contributed by atoms with Crippen LogP contribution in [-0.4, -0.2) is 5.71 Å². The van der Waals surface area contributed by atoms with Gasteiger partial charge < -0.3 is 0 Å². The molecule has 0 spiro atoms. The van der Waals surface area contributed by atoms with Gasteiger partial charge >= 0.3 is 0 Å². The Morgan fingerprint density at radius 1 is 0.538 bits per heavy atom. The maximum atomic E-state index is 9.51. The lowest BCUT2D eigenvalue weighted by molar-refractivity contribution is 0.556. The van der Waals surface area contributed by atoms with Gasteiger partial charge in [-0.2, -0.15) is 5.41 Å². The van der Waals surface area contributed by atoms with Crippen molar-refractivity contribution in [3.05, 3.63) is 0 Å². The molecule has 0 amide bonds. The average molecular weight is 180 g/mol. The van der Waals surface area contributed by atoms with Crippen LogP contribution in [0, 0.1) is 0 Å². The quantitative estimate of drug-likeness (QED) is 0.544. The second-order valence-corrected chi connectivity index (χ2v) is 4.25. The third kappa shape index (κ3) is 5.84. The summed E-state index contributed by atoms with van der Waals surface area (Å²) in [6, 6.07) is 0. The molecule has 1 aliphatic carbocycles. The molecular weight excluding hydrogens is 158 g/mol. The van der Waals surface area contributed by atoms with Gasteiger partial charge in [-0.1, -0.05) is 44.9 Å². The van der Waals surface area contributed by atoms with Gasteiger partial charge in [-0.15, -0.1) is 0 Å². The maximum absolute atomic E-state index is 9.51. The molecule has 0 N–H and O–H groups in total. The molecule has 1 rings (SSSR count). The zero-order valence-corrected chi connectivity index (χ0v) is 8.73. The summed E-state index contributed by atoms with van der Waals surface area (Å²) in [5, 5.41) is 9.51. The van der Waals surface area contributed by atoms with Crippen LogP contribution in [0.4, 0.5) is 0 Å². The molecule has 1 heteroatoms. The van der Waals surface area contributed by atoms with Crippen molar-refractivity contribution in [2.24, 2.45) is 0 Å². The zero-order chi connectivity index (χ0) is 9.36. The Hall–Kier alpha value is -0.330. The average Bonchev–Trinajstić information content (AvgIpc) is 2.11. The number of nitrogens with zero attached hydrogens (tertiary/aromatic N) is 1. The van der Waals surface area contributed by atoms with E-state index in [2.05, 4.69) is 0 Å². The van der Waals surface area contributed by atoms with Crippen molar-refractivity contribution in [3.8, 4) is 0 Å². The van der Waals surface area contributed by atoms with E-state index in [1.165, 1.54) is 57.8 Å². The van der Waals surface area contributed by atoms with E-state index in [0.717, 1.165) is 18.6 Å². The van der Waals surface area contributed by atoms with E-state index >= 15 is 0 Å². The van der Waals surface area contributed by atoms with Crippen LogP contribution >= 0.6 is 0 Å². The van der Waals surface area contributed by atoms with Gasteiger partial charge in [0.25, 0.3) is 0 Å². The first-order chi connectivity index (χ1) is 6.39. The molecule has 1 saturated carbocycles. The molecule has 1 aliphatic rings. The number of hydrogen-bond acceptors (Lipinski definition) is 0. The molecule has 13 heavy (non-hydrogen) atoms. The molecule has 1 nitrogen and oxygen atoms in total. The monoisotopic (exact) mass is 180 g/mol. The zero-order valence-electron chi connectivity index (χ0n) is 8.73. The Bertz CT molecular complexity index is 126. The smallest absolute Gasteiger partial charge is 0.0405 e. The Morgan fingerprint density at radius 3 is 1.23 bits per heavy atom.